The number of guanidine groups is 1. The van der Waals surface area contributed by atoms with Gasteiger partial charge in [-0.3, -0.25) is 9.67 Å². The van der Waals surface area contributed by atoms with Crippen molar-refractivity contribution in [1.29, 1.82) is 0 Å². The van der Waals surface area contributed by atoms with Gasteiger partial charge in [0.1, 0.15) is 5.01 Å². The quantitative estimate of drug-likeness (QED) is 0.648. The predicted octanol–water partition coefficient (Wildman–Crippen LogP) is 1.05. The summed E-state index contributed by atoms with van der Waals surface area (Å²) in [5, 5.41) is 11.7. The molecular weight excluding hydrogens is 260 g/mol. The molecule has 0 aliphatic carbocycles. The van der Waals surface area contributed by atoms with E-state index in [1.165, 1.54) is 4.88 Å². The highest BCUT2D eigenvalue weighted by molar-refractivity contribution is 7.11. The van der Waals surface area contributed by atoms with Gasteiger partial charge in [-0.25, -0.2) is 4.98 Å². The number of rotatable bonds is 4. The molecule has 2 heterocycles. The molecule has 2 rings (SSSR count). The highest BCUT2D eigenvalue weighted by Crippen LogP contribution is 2.10. The molecule has 0 amide bonds. The first-order valence-corrected chi connectivity index (χ1v) is 6.83. The van der Waals surface area contributed by atoms with Gasteiger partial charge in [0, 0.05) is 31.4 Å². The second kappa shape index (κ2) is 6.33. The van der Waals surface area contributed by atoms with Crippen molar-refractivity contribution in [2.24, 2.45) is 12.0 Å². The number of aliphatic imine (C=N–C) groups is 1. The maximum atomic E-state index is 4.31. The Labute approximate surface area is 116 Å². The van der Waals surface area contributed by atoms with Crippen molar-refractivity contribution in [1.82, 2.24) is 25.4 Å². The summed E-state index contributed by atoms with van der Waals surface area (Å²) in [7, 11) is 3.68. The maximum absolute atomic E-state index is 4.31. The van der Waals surface area contributed by atoms with Crippen LogP contribution in [0.1, 0.15) is 15.6 Å². The lowest BCUT2D eigenvalue weighted by molar-refractivity contribution is 0.684. The Kier molecular flexibility index (Phi) is 4.51. The molecule has 0 fully saturated rings. The third kappa shape index (κ3) is 3.78. The third-order valence-electron chi connectivity index (χ3n) is 2.66. The van der Waals surface area contributed by atoms with Crippen molar-refractivity contribution in [3.63, 3.8) is 0 Å². The number of hydrogen-bond acceptors (Lipinski definition) is 4. The van der Waals surface area contributed by atoms with Crippen LogP contribution in [0.5, 0.6) is 0 Å². The molecule has 0 atom stereocenters. The SMILES string of the molecule is CN=C(NCc1ncc(C)s1)NCc1ccnn1C. The van der Waals surface area contributed by atoms with Crippen LogP contribution in [0.3, 0.4) is 0 Å². The molecule has 0 bridgehead atoms. The first-order chi connectivity index (χ1) is 9.19. The molecule has 0 aromatic carbocycles. The van der Waals surface area contributed by atoms with Crippen molar-refractivity contribution in [3.05, 3.63) is 34.0 Å². The lowest BCUT2D eigenvalue weighted by Crippen LogP contribution is -2.36. The highest BCUT2D eigenvalue weighted by atomic mass is 32.1. The van der Waals surface area contributed by atoms with E-state index in [-0.39, 0.29) is 0 Å². The first kappa shape index (κ1) is 13.5. The van der Waals surface area contributed by atoms with Gasteiger partial charge in [0.25, 0.3) is 0 Å². The Bertz CT molecular complexity index is 556. The van der Waals surface area contributed by atoms with E-state index in [9.17, 15) is 0 Å². The molecule has 0 radical (unpaired) electrons. The maximum Gasteiger partial charge on any atom is 0.191 e. The van der Waals surface area contributed by atoms with Crippen LogP contribution in [0.2, 0.25) is 0 Å². The van der Waals surface area contributed by atoms with E-state index < -0.39 is 0 Å². The highest BCUT2D eigenvalue weighted by Gasteiger charge is 2.03. The molecule has 0 aliphatic heterocycles. The van der Waals surface area contributed by atoms with Crippen LogP contribution >= 0.6 is 11.3 Å². The fourth-order valence-electron chi connectivity index (χ4n) is 1.61. The molecule has 0 saturated heterocycles. The van der Waals surface area contributed by atoms with Gasteiger partial charge in [-0.15, -0.1) is 11.3 Å². The predicted molar refractivity (Wildman–Crippen MR) is 77.1 cm³/mol. The zero-order valence-corrected chi connectivity index (χ0v) is 12.2. The second-order valence-electron chi connectivity index (χ2n) is 4.09. The minimum Gasteiger partial charge on any atom is -0.351 e. The van der Waals surface area contributed by atoms with Crippen LogP contribution in [0.25, 0.3) is 0 Å². The summed E-state index contributed by atoms with van der Waals surface area (Å²) in [6.45, 7) is 3.42. The molecule has 0 aliphatic rings. The third-order valence-corrected chi connectivity index (χ3v) is 3.57. The van der Waals surface area contributed by atoms with Gasteiger partial charge in [-0.05, 0) is 13.0 Å². The van der Waals surface area contributed by atoms with E-state index in [2.05, 4.69) is 32.6 Å². The molecule has 7 heteroatoms. The van der Waals surface area contributed by atoms with Crippen LogP contribution in [0.15, 0.2) is 23.5 Å². The van der Waals surface area contributed by atoms with Crippen molar-refractivity contribution in [3.8, 4) is 0 Å². The summed E-state index contributed by atoms with van der Waals surface area (Å²) >= 11 is 1.69. The average Bonchev–Trinajstić information content (AvgIpc) is 2.99. The average molecular weight is 278 g/mol. The van der Waals surface area contributed by atoms with E-state index in [4.69, 9.17) is 0 Å². The van der Waals surface area contributed by atoms with Gasteiger partial charge in [0.15, 0.2) is 5.96 Å². The molecule has 2 N–H and O–H groups in total. The molecule has 0 spiro atoms. The monoisotopic (exact) mass is 278 g/mol. The standard InChI is InChI=1S/C12H18N6S/c1-9-6-14-11(19-9)8-16-12(13-2)15-7-10-4-5-17-18(10)3/h4-6H,7-8H2,1-3H3,(H2,13,15,16). The fourth-order valence-corrected chi connectivity index (χ4v) is 2.34. The minimum atomic E-state index is 0.684. The lowest BCUT2D eigenvalue weighted by atomic mass is 10.4. The first-order valence-electron chi connectivity index (χ1n) is 6.01. The zero-order valence-electron chi connectivity index (χ0n) is 11.3. The van der Waals surface area contributed by atoms with Gasteiger partial charge in [-0.1, -0.05) is 0 Å². The Balaban J connectivity index is 1.82. The summed E-state index contributed by atoms with van der Waals surface area (Å²) in [6.07, 6.45) is 3.67. The number of aryl methyl sites for hydroxylation is 2. The minimum absolute atomic E-state index is 0.684. The van der Waals surface area contributed by atoms with Crippen molar-refractivity contribution in [2.45, 2.75) is 20.0 Å². The van der Waals surface area contributed by atoms with E-state index in [0.29, 0.717) is 13.1 Å². The Morgan fingerprint density at radius 2 is 2.21 bits per heavy atom. The largest absolute Gasteiger partial charge is 0.351 e. The van der Waals surface area contributed by atoms with Gasteiger partial charge >= 0.3 is 0 Å². The van der Waals surface area contributed by atoms with Gasteiger partial charge < -0.3 is 10.6 Å². The fraction of sp³-hybridized carbons (Fsp3) is 0.417. The van der Waals surface area contributed by atoms with Gasteiger partial charge in [-0.2, -0.15) is 5.10 Å². The number of hydrogen-bond donors (Lipinski definition) is 2. The van der Waals surface area contributed by atoms with Crippen LogP contribution in [0, 0.1) is 6.92 Å². The van der Waals surface area contributed by atoms with Crippen molar-refractivity contribution < 1.29 is 0 Å². The zero-order chi connectivity index (χ0) is 13.7. The van der Waals surface area contributed by atoms with Crippen molar-refractivity contribution in [2.75, 3.05) is 7.05 Å². The Morgan fingerprint density at radius 1 is 1.42 bits per heavy atom. The molecular formula is C12H18N6S. The topological polar surface area (TPSA) is 67.1 Å². The summed E-state index contributed by atoms with van der Waals surface area (Å²) < 4.78 is 1.84. The van der Waals surface area contributed by atoms with Crippen LogP contribution in [0.4, 0.5) is 0 Å². The van der Waals surface area contributed by atoms with Crippen LogP contribution in [-0.4, -0.2) is 27.8 Å². The number of thiazole rings is 1. The van der Waals surface area contributed by atoms with Gasteiger partial charge in [0.2, 0.25) is 0 Å². The molecule has 0 unspecified atom stereocenters. The lowest BCUT2D eigenvalue weighted by Gasteiger charge is -2.10. The Morgan fingerprint density at radius 3 is 2.79 bits per heavy atom. The number of nitrogens with one attached hydrogen (secondary N) is 2. The molecule has 0 saturated carbocycles. The van der Waals surface area contributed by atoms with Gasteiger partial charge in [0.05, 0.1) is 18.8 Å². The molecule has 6 nitrogen and oxygen atoms in total. The number of nitrogens with zero attached hydrogens (tertiary/aromatic N) is 4. The second-order valence-corrected chi connectivity index (χ2v) is 5.41. The molecule has 102 valence electrons. The normalized spacial score (nSPS) is 11.6. The van der Waals surface area contributed by atoms with E-state index in [1.54, 1.807) is 24.6 Å². The Hall–Kier alpha value is -1.89. The summed E-state index contributed by atoms with van der Waals surface area (Å²) in [5.74, 6) is 0.758. The van der Waals surface area contributed by atoms with E-state index in [0.717, 1.165) is 16.7 Å². The van der Waals surface area contributed by atoms with E-state index >= 15 is 0 Å². The molecule has 2 aromatic rings. The molecule has 19 heavy (non-hydrogen) atoms. The van der Waals surface area contributed by atoms with Crippen LogP contribution < -0.4 is 10.6 Å². The van der Waals surface area contributed by atoms with E-state index in [1.807, 2.05) is 24.0 Å². The smallest absolute Gasteiger partial charge is 0.191 e. The molecule has 2 aromatic heterocycles. The van der Waals surface area contributed by atoms with Crippen molar-refractivity contribution >= 4 is 17.3 Å². The van der Waals surface area contributed by atoms with Crippen LogP contribution in [-0.2, 0) is 20.1 Å². The summed E-state index contributed by atoms with van der Waals surface area (Å²) in [4.78, 5) is 9.70. The number of aromatic nitrogens is 3. The summed E-state index contributed by atoms with van der Waals surface area (Å²) in [5.41, 5.74) is 1.10. The summed E-state index contributed by atoms with van der Waals surface area (Å²) in [6, 6.07) is 1.98.